The van der Waals surface area contributed by atoms with Crippen molar-refractivity contribution in [1.29, 1.82) is 5.26 Å². The Morgan fingerprint density at radius 3 is 2.81 bits per heavy atom. The molecule has 1 aliphatic heterocycles. The van der Waals surface area contributed by atoms with Crippen molar-refractivity contribution >= 4 is 34.4 Å². The van der Waals surface area contributed by atoms with E-state index in [0.29, 0.717) is 38.2 Å². The number of carbonyl (C=O) groups is 1. The first-order chi connectivity index (χ1) is 13.2. The Morgan fingerprint density at radius 1 is 1.22 bits per heavy atom. The number of piperazine rings is 1. The Labute approximate surface area is 165 Å². The molecule has 0 bridgehead atoms. The molecular formula is C19H17N5OS2. The highest BCUT2D eigenvalue weighted by Gasteiger charge is 2.23. The predicted molar refractivity (Wildman–Crippen MR) is 107 cm³/mol. The highest BCUT2D eigenvalue weighted by atomic mass is 32.1. The fourth-order valence-corrected chi connectivity index (χ4v) is 4.55. The average molecular weight is 396 g/mol. The van der Waals surface area contributed by atoms with E-state index in [0.717, 1.165) is 22.1 Å². The summed E-state index contributed by atoms with van der Waals surface area (Å²) in [4.78, 5) is 25.6. The van der Waals surface area contributed by atoms with Crippen LogP contribution in [0.1, 0.15) is 11.3 Å². The Balaban J connectivity index is 1.34. The van der Waals surface area contributed by atoms with Crippen LogP contribution >= 0.6 is 22.7 Å². The third-order valence-electron chi connectivity index (χ3n) is 4.48. The molecule has 0 N–H and O–H groups in total. The zero-order valence-electron chi connectivity index (χ0n) is 14.5. The summed E-state index contributed by atoms with van der Waals surface area (Å²) in [5.41, 5.74) is 2.55. The van der Waals surface area contributed by atoms with Crippen molar-refractivity contribution in [2.45, 2.75) is 6.42 Å². The number of aromatic nitrogens is 2. The Hall–Kier alpha value is -2.76. The first-order valence-corrected chi connectivity index (χ1v) is 10.4. The lowest BCUT2D eigenvalue weighted by Crippen LogP contribution is -2.49. The highest BCUT2D eigenvalue weighted by Crippen LogP contribution is 2.26. The summed E-state index contributed by atoms with van der Waals surface area (Å²) >= 11 is 3.22. The van der Waals surface area contributed by atoms with Crippen LogP contribution in [0.4, 0.5) is 5.82 Å². The SMILES string of the molecule is N#Cc1ccnc(N2CCN(C(=O)Cc3csc(-c4ccsc4)n3)CC2)c1. The van der Waals surface area contributed by atoms with Crippen LogP contribution in [0.25, 0.3) is 10.6 Å². The summed E-state index contributed by atoms with van der Waals surface area (Å²) in [6.07, 6.45) is 1.99. The topological polar surface area (TPSA) is 73.1 Å². The minimum Gasteiger partial charge on any atom is -0.353 e. The maximum Gasteiger partial charge on any atom is 0.228 e. The fraction of sp³-hybridized carbons (Fsp3) is 0.263. The molecule has 1 amide bonds. The van der Waals surface area contributed by atoms with Crippen molar-refractivity contribution in [2.24, 2.45) is 0 Å². The molecule has 3 aromatic rings. The molecule has 0 radical (unpaired) electrons. The van der Waals surface area contributed by atoms with E-state index in [1.165, 1.54) is 0 Å². The van der Waals surface area contributed by atoms with Crippen LogP contribution in [-0.4, -0.2) is 47.0 Å². The van der Waals surface area contributed by atoms with Gasteiger partial charge in [0.05, 0.1) is 23.7 Å². The van der Waals surface area contributed by atoms with Crippen LogP contribution in [0.5, 0.6) is 0 Å². The maximum atomic E-state index is 12.6. The van der Waals surface area contributed by atoms with Crippen molar-refractivity contribution in [3.05, 3.63) is 51.8 Å². The molecule has 0 unspecified atom stereocenters. The summed E-state index contributed by atoms with van der Waals surface area (Å²) in [6.45, 7) is 2.73. The molecule has 1 fully saturated rings. The lowest BCUT2D eigenvalue weighted by molar-refractivity contribution is -0.130. The molecule has 0 aromatic carbocycles. The number of thiazole rings is 1. The van der Waals surface area contributed by atoms with E-state index in [-0.39, 0.29) is 5.91 Å². The third-order valence-corrected chi connectivity index (χ3v) is 6.11. The van der Waals surface area contributed by atoms with Gasteiger partial charge < -0.3 is 9.80 Å². The summed E-state index contributed by atoms with van der Waals surface area (Å²) in [5, 5.41) is 16.1. The number of hydrogen-bond donors (Lipinski definition) is 0. The van der Waals surface area contributed by atoms with Gasteiger partial charge in [0, 0.05) is 48.7 Å². The molecule has 0 aliphatic carbocycles. The van der Waals surface area contributed by atoms with E-state index in [1.54, 1.807) is 41.0 Å². The van der Waals surface area contributed by atoms with Gasteiger partial charge in [-0.1, -0.05) is 0 Å². The van der Waals surface area contributed by atoms with Gasteiger partial charge in [0.15, 0.2) is 0 Å². The molecule has 8 heteroatoms. The van der Waals surface area contributed by atoms with Crippen LogP contribution in [0.3, 0.4) is 0 Å². The van der Waals surface area contributed by atoms with Gasteiger partial charge in [0.2, 0.25) is 5.91 Å². The van der Waals surface area contributed by atoms with E-state index >= 15 is 0 Å². The number of amides is 1. The standard InChI is InChI=1S/C19H17N5OS2/c20-11-14-1-3-21-17(9-14)23-4-6-24(7-5-23)18(25)10-16-13-27-19(22-16)15-2-8-26-12-15/h1-3,8-9,12-13H,4-7,10H2. The first kappa shape index (κ1) is 17.6. The lowest BCUT2D eigenvalue weighted by atomic mass is 10.2. The Morgan fingerprint density at radius 2 is 2.07 bits per heavy atom. The molecule has 27 heavy (non-hydrogen) atoms. The number of nitriles is 1. The van der Waals surface area contributed by atoms with Crippen molar-refractivity contribution in [3.8, 4) is 16.6 Å². The molecular weight excluding hydrogens is 378 g/mol. The molecule has 4 rings (SSSR count). The second-order valence-corrected chi connectivity index (χ2v) is 7.85. The van der Waals surface area contributed by atoms with Crippen molar-refractivity contribution < 1.29 is 4.79 Å². The van der Waals surface area contributed by atoms with Gasteiger partial charge in [-0.15, -0.1) is 11.3 Å². The molecule has 0 saturated carbocycles. The van der Waals surface area contributed by atoms with Gasteiger partial charge >= 0.3 is 0 Å². The minimum atomic E-state index is 0.107. The number of nitrogens with zero attached hydrogens (tertiary/aromatic N) is 5. The van der Waals surface area contributed by atoms with Crippen LogP contribution < -0.4 is 4.90 Å². The molecule has 4 heterocycles. The van der Waals surface area contributed by atoms with Gasteiger partial charge in [0.1, 0.15) is 10.8 Å². The van der Waals surface area contributed by atoms with Gasteiger partial charge in [0.25, 0.3) is 0 Å². The van der Waals surface area contributed by atoms with Gasteiger partial charge in [-0.3, -0.25) is 4.79 Å². The van der Waals surface area contributed by atoms with Crippen LogP contribution in [0.15, 0.2) is 40.5 Å². The number of carbonyl (C=O) groups excluding carboxylic acids is 1. The molecule has 1 aliphatic rings. The van der Waals surface area contributed by atoms with E-state index in [9.17, 15) is 4.79 Å². The second kappa shape index (κ2) is 7.86. The monoisotopic (exact) mass is 395 g/mol. The third kappa shape index (κ3) is 3.99. The van der Waals surface area contributed by atoms with Crippen LogP contribution in [0.2, 0.25) is 0 Å². The van der Waals surface area contributed by atoms with E-state index in [1.807, 2.05) is 21.7 Å². The van der Waals surface area contributed by atoms with E-state index < -0.39 is 0 Å². The number of pyridine rings is 1. The molecule has 0 atom stereocenters. The molecule has 3 aromatic heterocycles. The smallest absolute Gasteiger partial charge is 0.228 e. The highest BCUT2D eigenvalue weighted by molar-refractivity contribution is 7.14. The summed E-state index contributed by atoms with van der Waals surface area (Å²) in [7, 11) is 0. The number of rotatable bonds is 4. The van der Waals surface area contributed by atoms with Crippen molar-refractivity contribution in [1.82, 2.24) is 14.9 Å². The van der Waals surface area contributed by atoms with E-state index in [4.69, 9.17) is 5.26 Å². The second-order valence-electron chi connectivity index (χ2n) is 6.22. The summed E-state index contributed by atoms with van der Waals surface area (Å²) < 4.78 is 0. The van der Waals surface area contributed by atoms with Gasteiger partial charge in [-0.2, -0.15) is 16.6 Å². The zero-order valence-corrected chi connectivity index (χ0v) is 16.2. The molecule has 0 spiro atoms. The van der Waals surface area contributed by atoms with E-state index in [2.05, 4.69) is 26.3 Å². The molecule has 136 valence electrons. The summed E-state index contributed by atoms with van der Waals surface area (Å²) in [6, 6.07) is 7.67. The molecule has 1 saturated heterocycles. The van der Waals surface area contributed by atoms with Crippen LogP contribution in [0, 0.1) is 11.3 Å². The predicted octanol–water partition coefficient (Wildman–Crippen LogP) is 3.03. The Kier molecular flexibility index (Phi) is 5.14. The first-order valence-electron chi connectivity index (χ1n) is 8.59. The average Bonchev–Trinajstić information content (AvgIpc) is 3.40. The van der Waals surface area contributed by atoms with Crippen LogP contribution in [-0.2, 0) is 11.2 Å². The van der Waals surface area contributed by atoms with Gasteiger partial charge in [-0.25, -0.2) is 9.97 Å². The zero-order chi connectivity index (χ0) is 18.6. The largest absolute Gasteiger partial charge is 0.353 e. The van der Waals surface area contributed by atoms with Crippen molar-refractivity contribution in [3.63, 3.8) is 0 Å². The number of hydrogen-bond acceptors (Lipinski definition) is 7. The number of anilines is 1. The maximum absolute atomic E-state index is 12.6. The summed E-state index contributed by atoms with van der Waals surface area (Å²) in [5.74, 6) is 0.900. The van der Waals surface area contributed by atoms with Crippen molar-refractivity contribution in [2.75, 3.05) is 31.1 Å². The Bertz CT molecular complexity index is 968. The fourth-order valence-electron chi connectivity index (χ4n) is 3.02. The normalized spacial score (nSPS) is 14.2. The lowest BCUT2D eigenvalue weighted by Gasteiger charge is -2.35. The van der Waals surface area contributed by atoms with Gasteiger partial charge in [-0.05, 0) is 23.6 Å². The molecule has 6 nitrogen and oxygen atoms in total. The quantitative estimate of drug-likeness (QED) is 0.679. The number of thiophene rings is 1. The minimum absolute atomic E-state index is 0.107.